The Bertz CT molecular complexity index is 1180. The quantitative estimate of drug-likeness (QED) is 0.503. The van der Waals surface area contributed by atoms with Crippen LogP contribution in [0.1, 0.15) is 15.9 Å². The number of anilines is 3. The van der Waals surface area contributed by atoms with E-state index in [4.69, 9.17) is 4.74 Å². The van der Waals surface area contributed by atoms with Crippen LogP contribution >= 0.6 is 0 Å². The van der Waals surface area contributed by atoms with Crippen LogP contribution in [0.25, 0.3) is 0 Å². The SMILES string of the molecule is O=C(OCC(=O)N1CCN(c2ccccc2)CC1)c1ccccc1Nc1cccc(C(F)(F)F)c1. The summed E-state index contributed by atoms with van der Waals surface area (Å²) in [6, 6.07) is 20.9. The first kappa shape index (κ1) is 24.1. The molecule has 1 N–H and O–H groups in total. The number of amides is 1. The Morgan fingerprint density at radius 1 is 0.857 bits per heavy atom. The standard InChI is InChI=1S/C26H24F3N3O3/c27-26(28,29)19-7-6-8-20(17-19)30-23-12-5-4-11-22(23)25(34)35-18-24(33)32-15-13-31(14-16-32)21-9-2-1-3-10-21/h1-12,17,30H,13-16,18H2. The lowest BCUT2D eigenvalue weighted by molar-refractivity contribution is -0.137. The summed E-state index contributed by atoms with van der Waals surface area (Å²) < 4.78 is 44.3. The van der Waals surface area contributed by atoms with Crippen molar-refractivity contribution in [2.45, 2.75) is 6.18 Å². The number of hydrogen-bond acceptors (Lipinski definition) is 5. The van der Waals surface area contributed by atoms with Crippen molar-refractivity contribution in [1.29, 1.82) is 0 Å². The molecule has 1 aliphatic rings. The summed E-state index contributed by atoms with van der Waals surface area (Å²) in [7, 11) is 0. The predicted octanol–water partition coefficient (Wildman–Crippen LogP) is 4.95. The molecule has 0 unspecified atom stereocenters. The van der Waals surface area contributed by atoms with Crippen LogP contribution in [-0.2, 0) is 15.7 Å². The fourth-order valence-electron chi connectivity index (χ4n) is 3.85. The average Bonchev–Trinajstić information content (AvgIpc) is 2.88. The van der Waals surface area contributed by atoms with Crippen molar-refractivity contribution in [1.82, 2.24) is 4.90 Å². The third kappa shape index (κ3) is 6.11. The maximum absolute atomic E-state index is 13.0. The van der Waals surface area contributed by atoms with E-state index in [1.54, 1.807) is 23.1 Å². The molecule has 3 aromatic carbocycles. The fraction of sp³-hybridized carbons (Fsp3) is 0.231. The van der Waals surface area contributed by atoms with Gasteiger partial charge in [0.1, 0.15) is 0 Å². The van der Waals surface area contributed by atoms with Gasteiger partial charge in [-0.25, -0.2) is 4.79 Å². The topological polar surface area (TPSA) is 61.9 Å². The number of nitrogens with one attached hydrogen (secondary N) is 1. The third-order valence-corrected chi connectivity index (χ3v) is 5.70. The lowest BCUT2D eigenvalue weighted by Crippen LogP contribution is -2.49. The Hall–Kier alpha value is -4.01. The number of halogens is 3. The van der Waals surface area contributed by atoms with Gasteiger partial charge in [0.15, 0.2) is 6.61 Å². The number of carbonyl (C=O) groups excluding carboxylic acids is 2. The smallest absolute Gasteiger partial charge is 0.416 e. The fourth-order valence-corrected chi connectivity index (χ4v) is 3.85. The van der Waals surface area contributed by atoms with Gasteiger partial charge in [-0.1, -0.05) is 36.4 Å². The molecule has 1 saturated heterocycles. The maximum Gasteiger partial charge on any atom is 0.416 e. The molecule has 1 aliphatic heterocycles. The van der Waals surface area contributed by atoms with Gasteiger partial charge in [-0.3, -0.25) is 4.79 Å². The monoisotopic (exact) mass is 483 g/mol. The number of para-hydroxylation sites is 2. The van der Waals surface area contributed by atoms with Gasteiger partial charge < -0.3 is 19.9 Å². The number of esters is 1. The van der Waals surface area contributed by atoms with Crippen molar-refractivity contribution in [3.05, 3.63) is 90.0 Å². The van der Waals surface area contributed by atoms with Crippen molar-refractivity contribution in [2.24, 2.45) is 0 Å². The molecule has 1 amide bonds. The molecule has 0 bridgehead atoms. The van der Waals surface area contributed by atoms with E-state index in [-0.39, 0.29) is 22.8 Å². The first-order chi connectivity index (χ1) is 16.8. The molecule has 182 valence electrons. The minimum absolute atomic E-state index is 0.117. The highest BCUT2D eigenvalue weighted by molar-refractivity contribution is 5.97. The summed E-state index contributed by atoms with van der Waals surface area (Å²) in [5.74, 6) is -1.04. The zero-order valence-corrected chi connectivity index (χ0v) is 18.8. The summed E-state index contributed by atoms with van der Waals surface area (Å²) in [6.45, 7) is 1.96. The first-order valence-corrected chi connectivity index (χ1v) is 11.1. The number of ether oxygens (including phenoxy) is 1. The molecule has 4 rings (SSSR count). The molecule has 6 nitrogen and oxygen atoms in total. The van der Waals surface area contributed by atoms with Crippen LogP contribution in [0.5, 0.6) is 0 Å². The van der Waals surface area contributed by atoms with E-state index in [1.807, 2.05) is 30.3 Å². The molecule has 1 heterocycles. The van der Waals surface area contributed by atoms with E-state index < -0.39 is 24.3 Å². The van der Waals surface area contributed by atoms with Crippen LogP contribution in [0.3, 0.4) is 0 Å². The number of piperazine rings is 1. The van der Waals surface area contributed by atoms with Gasteiger partial charge in [-0.05, 0) is 42.5 Å². The van der Waals surface area contributed by atoms with Crippen LogP contribution in [0, 0.1) is 0 Å². The molecular formula is C26H24F3N3O3. The second kappa shape index (κ2) is 10.5. The molecule has 0 saturated carbocycles. The Labute approximate surface area is 200 Å². The highest BCUT2D eigenvalue weighted by Gasteiger charge is 2.30. The Kier molecular flexibility index (Phi) is 7.24. The van der Waals surface area contributed by atoms with Gasteiger partial charge >= 0.3 is 12.1 Å². The lowest BCUT2D eigenvalue weighted by atomic mass is 10.1. The molecule has 0 radical (unpaired) electrons. The number of carbonyl (C=O) groups is 2. The molecule has 0 atom stereocenters. The van der Waals surface area contributed by atoms with Gasteiger partial charge in [0.2, 0.25) is 0 Å². The van der Waals surface area contributed by atoms with Gasteiger partial charge in [0.25, 0.3) is 5.91 Å². The van der Waals surface area contributed by atoms with Crippen molar-refractivity contribution >= 4 is 28.9 Å². The molecule has 0 aliphatic carbocycles. The summed E-state index contributed by atoms with van der Waals surface area (Å²) in [6.07, 6.45) is -4.48. The number of benzene rings is 3. The van der Waals surface area contributed by atoms with Crippen molar-refractivity contribution in [2.75, 3.05) is 43.0 Å². The number of hydrogen-bond donors (Lipinski definition) is 1. The van der Waals surface area contributed by atoms with Crippen molar-refractivity contribution < 1.29 is 27.5 Å². The van der Waals surface area contributed by atoms with Crippen molar-refractivity contribution in [3.63, 3.8) is 0 Å². The van der Waals surface area contributed by atoms with Gasteiger partial charge in [0.05, 0.1) is 16.8 Å². The van der Waals surface area contributed by atoms with Gasteiger partial charge in [0, 0.05) is 37.6 Å². The highest BCUT2D eigenvalue weighted by Crippen LogP contribution is 2.32. The highest BCUT2D eigenvalue weighted by atomic mass is 19.4. The predicted molar refractivity (Wildman–Crippen MR) is 127 cm³/mol. The summed E-state index contributed by atoms with van der Waals surface area (Å²) in [5.41, 5.74) is 0.858. The van der Waals surface area contributed by atoms with Crippen LogP contribution in [0.15, 0.2) is 78.9 Å². The van der Waals surface area contributed by atoms with Crippen LogP contribution in [0.2, 0.25) is 0 Å². The number of alkyl halides is 3. The normalized spacial score (nSPS) is 13.9. The molecule has 1 fully saturated rings. The van der Waals surface area contributed by atoms with E-state index in [1.165, 1.54) is 18.2 Å². The van der Waals surface area contributed by atoms with E-state index in [9.17, 15) is 22.8 Å². The number of nitrogens with zero attached hydrogens (tertiary/aromatic N) is 2. The van der Waals surface area contributed by atoms with Crippen LogP contribution in [0.4, 0.5) is 30.2 Å². The zero-order valence-electron chi connectivity index (χ0n) is 18.8. The Morgan fingerprint density at radius 3 is 2.26 bits per heavy atom. The third-order valence-electron chi connectivity index (χ3n) is 5.70. The van der Waals surface area contributed by atoms with E-state index in [2.05, 4.69) is 10.2 Å². The second-order valence-electron chi connectivity index (χ2n) is 8.03. The first-order valence-electron chi connectivity index (χ1n) is 11.1. The second-order valence-corrected chi connectivity index (χ2v) is 8.03. The summed E-state index contributed by atoms with van der Waals surface area (Å²) in [4.78, 5) is 29.1. The van der Waals surface area contributed by atoms with Gasteiger partial charge in [-0.15, -0.1) is 0 Å². The van der Waals surface area contributed by atoms with Crippen LogP contribution in [-0.4, -0.2) is 49.6 Å². The van der Waals surface area contributed by atoms with E-state index in [0.717, 1.165) is 17.8 Å². The largest absolute Gasteiger partial charge is 0.452 e. The van der Waals surface area contributed by atoms with Crippen LogP contribution < -0.4 is 10.2 Å². The number of rotatable bonds is 6. The van der Waals surface area contributed by atoms with Crippen molar-refractivity contribution in [3.8, 4) is 0 Å². The summed E-state index contributed by atoms with van der Waals surface area (Å²) in [5, 5.41) is 2.84. The minimum atomic E-state index is -4.48. The molecular weight excluding hydrogens is 459 g/mol. The van der Waals surface area contributed by atoms with Gasteiger partial charge in [-0.2, -0.15) is 13.2 Å². The minimum Gasteiger partial charge on any atom is -0.452 e. The lowest BCUT2D eigenvalue weighted by Gasteiger charge is -2.36. The van der Waals surface area contributed by atoms with E-state index in [0.29, 0.717) is 26.2 Å². The summed E-state index contributed by atoms with van der Waals surface area (Å²) >= 11 is 0. The maximum atomic E-state index is 13.0. The van der Waals surface area contributed by atoms with E-state index >= 15 is 0 Å². The Balaban J connectivity index is 1.34. The zero-order chi connectivity index (χ0) is 24.8. The molecule has 9 heteroatoms. The molecule has 0 aromatic heterocycles. The molecule has 3 aromatic rings. The molecule has 0 spiro atoms. The average molecular weight is 483 g/mol. The molecule has 35 heavy (non-hydrogen) atoms. The Morgan fingerprint density at radius 2 is 1.54 bits per heavy atom.